The summed E-state index contributed by atoms with van der Waals surface area (Å²) in [7, 11) is 0. The van der Waals surface area contributed by atoms with E-state index < -0.39 is 5.41 Å². The van der Waals surface area contributed by atoms with Crippen LogP contribution in [0, 0.1) is 17.3 Å². The number of likely N-dealkylation sites (tertiary alicyclic amines) is 1. The van der Waals surface area contributed by atoms with E-state index >= 15 is 0 Å². The summed E-state index contributed by atoms with van der Waals surface area (Å²) in [5, 5.41) is 0.698. The van der Waals surface area contributed by atoms with Crippen LogP contribution in [0.3, 0.4) is 0 Å². The van der Waals surface area contributed by atoms with Gasteiger partial charge in [-0.15, -0.1) is 0 Å². The molecule has 0 N–H and O–H groups in total. The van der Waals surface area contributed by atoms with Gasteiger partial charge in [-0.3, -0.25) is 9.59 Å². The zero-order chi connectivity index (χ0) is 27.7. The molecule has 3 atom stereocenters. The first-order valence-corrected chi connectivity index (χ1v) is 15.0. The van der Waals surface area contributed by atoms with E-state index in [-0.39, 0.29) is 35.7 Å². The van der Waals surface area contributed by atoms with Gasteiger partial charge in [-0.25, -0.2) is 4.98 Å². The van der Waals surface area contributed by atoms with Crippen molar-refractivity contribution in [2.75, 3.05) is 31.1 Å². The van der Waals surface area contributed by atoms with Crippen molar-refractivity contribution in [1.29, 1.82) is 0 Å². The van der Waals surface area contributed by atoms with Crippen LogP contribution >= 0.6 is 11.6 Å². The highest BCUT2D eigenvalue weighted by Gasteiger charge is 2.45. The molecule has 2 aliphatic heterocycles. The predicted octanol–water partition coefficient (Wildman–Crippen LogP) is 6.01. The highest BCUT2D eigenvalue weighted by Crippen LogP contribution is 2.38. The fraction of sp³-hybridized carbons (Fsp3) is 0.594. The Kier molecular flexibility index (Phi) is 8.23. The highest BCUT2D eigenvalue weighted by molar-refractivity contribution is 6.30. The monoisotopic (exact) mass is 550 g/mol. The van der Waals surface area contributed by atoms with E-state index in [1.807, 2.05) is 56.0 Å². The van der Waals surface area contributed by atoms with E-state index in [0.29, 0.717) is 24.7 Å². The summed E-state index contributed by atoms with van der Waals surface area (Å²) in [4.78, 5) is 38.9. The van der Waals surface area contributed by atoms with Crippen LogP contribution in [0.25, 0.3) is 0 Å². The van der Waals surface area contributed by atoms with Crippen molar-refractivity contribution in [2.45, 2.75) is 77.8 Å². The van der Waals surface area contributed by atoms with Gasteiger partial charge in [0.15, 0.2) is 0 Å². The normalized spacial score (nSPS) is 27.6. The maximum Gasteiger partial charge on any atom is 0.228 e. The summed E-state index contributed by atoms with van der Waals surface area (Å²) in [5.41, 5.74) is 0.697. The fourth-order valence-corrected chi connectivity index (χ4v) is 6.90. The van der Waals surface area contributed by atoms with Gasteiger partial charge in [0.1, 0.15) is 5.82 Å². The molecule has 7 heteroatoms. The number of hydrogen-bond donors (Lipinski definition) is 0. The molecule has 2 saturated heterocycles. The summed E-state index contributed by atoms with van der Waals surface area (Å²) < 4.78 is 0. The second kappa shape index (κ2) is 11.5. The van der Waals surface area contributed by atoms with Gasteiger partial charge in [-0.1, -0.05) is 57.5 Å². The van der Waals surface area contributed by atoms with Crippen LogP contribution in [-0.4, -0.2) is 64.9 Å². The second-order valence-electron chi connectivity index (χ2n) is 13.0. The van der Waals surface area contributed by atoms with E-state index in [0.717, 1.165) is 43.1 Å². The molecule has 3 heterocycles. The number of rotatable bonds is 5. The van der Waals surface area contributed by atoms with E-state index in [4.69, 9.17) is 11.6 Å². The molecule has 0 bridgehead atoms. The van der Waals surface area contributed by atoms with Crippen LogP contribution in [0.2, 0.25) is 5.02 Å². The van der Waals surface area contributed by atoms with Gasteiger partial charge in [-0.05, 0) is 67.9 Å². The largest absolute Gasteiger partial charge is 0.355 e. The molecule has 39 heavy (non-hydrogen) atoms. The third-order valence-corrected chi connectivity index (χ3v) is 9.28. The molecule has 1 aliphatic carbocycles. The van der Waals surface area contributed by atoms with E-state index in [1.165, 1.54) is 12.8 Å². The number of anilines is 1. The minimum absolute atomic E-state index is 0.0583. The molecule has 2 amide bonds. The lowest BCUT2D eigenvalue weighted by molar-refractivity contribution is -0.146. The molecule has 2 aromatic rings. The Morgan fingerprint density at radius 3 is 2.28 bits per heavy atom. The topological polar surface area (TPSA) is 56.8 Å². The van der Waals surface area contributed by atoms with E-state index in [1.54, 1.807) is 6.20 Å². The minimum atomic E-state index is -0.436. The van der Waals surface area contributed by atoms with Crippen molar-refractivity contribution in [3.05, 3.63) is 59.2 Å². The first kappa shape index (κ1) is 27.9. The first-order valence-electron chi connectivity index (χ1n) is 14.6. The number of aromatic nitrogens is 1. The quantitative estimate of drug-likeness (QED) is 0.457. The number of amides is 2. The third-order valence-electron chi connectivity index (χ3n) is 9.03. The molecule has 3 aliphatic rings. The minimum Gasteiger partial charge on any atom is -0.355 e. The van der Waals surface area contributed by atoms with Gasteiger partial charge in [-0.2, -0.15) is 0 Å². The van der Waals surface area contributed by atoms with Crippen LogP contribution in [-0.2, 0) is 9.59 Å². The van der Waals surface area contributed by atoms with Crippen LogP contribution in [0.15, 0.2) is 48.7 Å². The summed E-state index contributed by atoms with van der Waals surface area (Å²) in [6.45, 7) is 11.1. The Hall–Kier alpha value is -2.60. The first-order chi connectivity index (χ1) is 18.6. The molecular weight excluding hydrogens is 508 g/mol. The number of pyridine rings is 1. The number of nitrogens with zero attached hydrogens (tertiary/aromatic N) is 4. The third kappa shape index (κ3) is 6.11. The molecule has 1 unspecified atom stereocenters. The van der Waals surface area contributed by atoms with Crippen LogP contribution in [0.1, 0.15) is 71.3 Å². The maximum absolute atomic E-state index is 14.2. The van der Waals surface area contributed by atoms with Crippen molar-refractivity contribution in [2.24, 2.45) is 17.3 Å². The van der Waals surface area contributed by atoms with Crippen molar-refractivity contribution >= 4 is 29.2 Å². The molecule has 1 aromatic heterocycles. The number of hydrogen-bond acceptors (Lipinski definition) is 4. The molecule has 0 spiro atoms. The fourth-order valence-electron chi connectivity index (χ4n) is 6.77. The van der Waals surface area contributed by atoms with Gasteiger partial charge < -0.3 is 14.7 Å². The van der Waals surface area contributed by atoms with Crippen LogP contribution in [0.5, 0.6) is 0 Å². The Balaban J connectivity index is 1.36. The summed E-state index contributed by atoms with van der Waals surface area (Å²) >= 11 is 6.19. The standard InChI is InChI=1S/C32H43ClN4O2/c1-22-8-14-25(15-9-22)37(31(39)32(2,3)4)26-16-18-35(19-26)30(38)28-21-36(29-7-5-6-17-34-29)20-27(28)23-10-12-24(33)13-11-23/h5-7,10-13,17,22,25-28H,8-9,14-16,18-21H2,1-4H3/t22?,25?,26?,27-,28-/m0/s1. The van der Waals surface area contributed by atoms with Crippen molar-refractivity contribution in [1.82, 2.24) is 14.8 Å². The molecule has 0 radical (unpaired) electrons. The Morgan fingerprint density at radius 2 is 1.64 bits per heavy atom. The lowest BCUT2D eigenvalue weighted by atomic mass is 9.84. The average molecular weight is 551 g/mol. The van der Waals surface area contributed by atoms with Crippen molar-refractivity contribution in [3.8, 4) is 0 Å². The summed E-state index contributed by atoms with van der Waals surface area (Å²) in [6.07, 6.45) is 7.12. The molecule has 210 valence electrons. The zero-order valence-corrected chi connectivity index (χ0v) is 24.6. The number of carbonyl (C=O) groups is 2. The van der Waals surface area contributed by atoms with Gasteiger partial charge >= 0.3 is 0 Å². The molecule has 1 aromatic carbocycles. The number of halogens is 1. The molecule has 3 fully saturated rings. The van der Waals surface area contributed by atoms with Gasteiger partial charge in [0.25, 0.3) is 0 Å². The Morgan fingerprint density at radius 1 is 0.923 bits per heavy atom. The molecule has 5 rings (SSSR count). The summed E-state index contributed by atoms with van der Waals surface area (Å²) in [5.74, 6) is 1.93. The molecule has 1 saturated carbocycles. The number of benzene rings is 1. The average Bonchev–Trinajstić information content (AvgIpc) is 3.58. The van der Waals surface area contributed by atoms with Gasteiger partial charge in [0.05, 0.1) is 12.0 Å². The zero-order valence-electron chi connectivity index (χ0n) is 23.9. The van der Waals surface area contributed by atoms with Crippen LogP contribution < -0.4 is 4.90 Å². The van der Waals surface area contributed by atoms with Gasteiger partial charge in [0.2, 0.25) is 11.8 Å². The van der Waals surface area contributed by atoms with Crippen molar-refractivity contribution in [3.63, 3.8) is 0 Å². The van der Waals surface area contributed by atoms with Crippen molar-refractivity contribution < 1.29 is 9.59 Å². The van der Waals surface area contributed by atoms with Crippen LogP contribution in [0.4, 0.5) is 5.82 Å². The summed E-state index contributed by atoms with van der Waals surface area (Å²) in [6, 6.07) is 14.2. The SMILES string of the molecule is CC1CCC(N(C(=O)C(C)(C)C)C2CCN(C(=O)[C@H]3CN(c4ccccn4)C[C@H]3c3ccc(Cl)cc3)C2)CC1. The van der Waals surface area contributed by atoms with E-state index in [9.17, 15) is 9.59 Å². The molecule has 6 nitrogen and oxygen atoms in total. The number of carbonyl (C=O) groups excluding carboxylic acids is 2. The predicted molar refractivity (Wildman–Crippen MR) is 157 cm³/mol. The lowest BCUT2D eigenvalue weighted by Gasteiger charge is -2.42. The maximum atomic E-state index is 14.2. The lowest BCUT2D eigenvalue weighted by Crippen LogP contribution is -2.53. The highest BCUT2D eigenvalue weighted by atomic mass is 35.5. The van der Waals surface area contributed by atoms with Gasteiger partial charge in [0, 0.05) is 54.8 Å². The van der Waals surface area contributed by atoms with E-state index in [2.05, 4.69) is 33.8 Å². The Labute approximate surface area is 238 Å². The second-order valence-corrected chi connectivity index (χ2v) is 13.4. The smallest absolute Gasteiger partial charge is 0.228 e. The Bertz CT molecular complexity index is 1140. The molecular formula is C32H43ClN4O2.